The quantitative estimate of drug-likeness (QED) is 0.687. The summed E-state index contributed by atoms with van der Waals surface area (Å²) in [7, 11) is 0. The maximum atomic E-state index is 9.33. The van der Waals surface area contributed by atoms with Gasteiger partial charge in [-0.15, -0.1) is 0 Å². The first-order chi connectivity index (χ1) is 5.15. The molecule has 0 aromatic heterocycles. The Labute approximate surface area is 71.6 Å². The van der Waals surface area contributed by atoms with Crippen LogP contribution in [0, 0.1) is 6.92 Å². The first kappa shape index (κ1) is 8.41. The predicted octanol–water partition coefficient (Wildman–Crippen LogP) is 2.92. The van der Waals surface area contributed by atoms with Crippen LogP contribution in [-0.4, -0.2) is 5.11 Å². The summed E-state index contributed by atoms with van der Waals surface area (Å²) >= 11 is 5.78. The topological polar surface area (TPSA) is 20.2 Å². The molecule has 0 aliphatic carbocycles. The van der Waals surface area contributed by atoms with Gasteiger partial charge in [0.25, 0.3) is 0 Å². The van der Waals surface area contributed by atoms with Gasteiger partial charge >= 0.3 is 0 Å². The van der Waals surface area contributed by atoms with Crippen molar-refractivity contribution in [3.05, 3.63) is 28.3 Å². The second-order valence-corrected chi connectivity index (χ2v) is 2.99. The van der Waals surface area contributed by atoms with Crippen LogP contribution in [0.15, 0.2) is 12.1 Å². The van der Waals surface area contributed by atoms with E-state index in [1.54, 1.807) is 6.07 Å². The van der Waals surface area contributed by atoms with E-state index < -0.39 is 0 Å². The van der Waals surface area contributed by atoms with E-state index >= 15 is 0 Å². The van der Waals surface area contributed by atoms with Crippen molar-refractivity contribution < 1.29 is 5.11 Å². The fourth-order valence-electron chi connectivity index (χ4n) is 1.01. The number of aryl methyl sites for hydroxylation is 2. The Morgan fingerprint density at radius 1 is 1.45 bits per heavy atom. The summed E-state index contributed by atoms with van der Waals surface area (Å²) in [6.07, 6.45) is 0.837. The molecule has 0 aliphatic rings. The number of rotatable bonds is 1. The summed E-state index contributed by atoms with van der Waals surface area (Å²) in [5.74, 6) is 0.295. The van der Waals surface area contributed by atoms with Gasteiger partial charge in [0.1, 0.15) is 5.75 Å². The SMILES string of the molecule is CCc1cc(C)c(Cl)cc1O. The van der Waals surface area contributed by atoms with Gasteiger partial charge in [-0.1, -0.05) is 24.6 Å². The highest BCUT2D eigenvalue weighted by atomic mass is 35.5. The van der Waals surface area contributed by atoms with Crippen LogP contribution in [0.4, 0.5) is 0 Å². The van der Waals surface area contributed by atoms with Gasteiger partial charge in [-0.2, -0.15) is 0 Å². The molecule has 0 heterocycles. The summed E-state index contributed by atoms with van der Waals surface area (Å²) in [5.41, 5.74) is 1.97. The van der Waals surface area contributed by atoms with Crippen LogP contribution in [-0.2, 0) is 6.42 Å². The Morgan fingerprint density at radius 2 is 2.09 bits per heavy atom. The van der Waals surface area contributed by atoms with Crippen LogP contribution in [0.5, 0.6) is 5.75 Å². The van der Waals surface area contributed by atoms with E-state index in [2.05, 4.69) is 0 Å². The number of hydrogen-bond acceptors (Lipinski definition) is 1. The molecule has 0 radical (unpaired) electrons. The second kappa shape index (κ2) is 3.14. The number of benzene rings is 1. The van der Waals surface area contributed by atoms with Crippen molar-refractivity contribution in [2.75, 3.05) is 0 Å². The third-order valence-corrected chi connectivity index (χ3v) is 2.15. The number of halogens is 1. The average Bonchev–Trinajstić information content (AvgIpc) is 1.97. The summed E-state index contributed by atoms with van der Waals surface area (Å²) < 4.78 is 0. The molecule has 1 nitrogen and oxygen atoms in total. The predicted molar refractivity (Wildman–Crippen MR) is 47.2 cm³/mol. The molecule has 0 spiro atoms. The van der Waals surface area contributed by atoms with Crippen LogP contribution in [0.2, 0.25) is 5.02 Å². The van der Waals surface area contributed by atoms with Crippen molar-refractivity contribution in [3.63, 3.8) is 0 Å². The lowest BCUT2D eigenvalue weighted by Gasteiger charge is -2.04. The molecular formula is C9H11ClO. The van der Waals surface area contributed by atoms with Crippen LogP contribution >= 0.6 is 11.6 Å². The lowest BCUT2D eigenvalue weighted by Crippen LogP contribution is -1.84. The normalized spacial score (nSPS) is 10.1. The van der Waals surface area contributed by atoms with E-state index in [0.717, 1.165) is 17.5 Å². The number of hydrogen-bond donors (Lipinski definition) is 1. The maximum Gasteiger partial charge on any atom is 0.120 e. The van der Waals surface area contributed by atoms with Crippen molar-refractivity contribution in [1.29, 1.82) is 0 Å². The van der Waals surface area contributed by atoms with E-state index in [9.17, 15) is 5.11 Å². The minimum Gasteiger partial charge on any atom is -0.508 e. The Balaban J connectivity index is 3.21. The Hall–Kier alpha value is -0.690. The van der Waals surface area contributed by atoms with Crippen molar-refractivity contribution >= 4 is 11.6 Å². The molecule has 0 amide bonds. The van der Waals surface area contributed by atoms with Crippen molar-refractivity contribution in [3.8, 4) is 5.75 Å². The maximum absolute atomic E-state index is 9.33. The van der Waals surface area contributed by atoms with Crippen LogP contribution < -0.4 is 0 Å². The summed E-state index contributed by atoms with van der Waals surface area (Å²) in [6.45, 7) is 3.93. The number of aromatic hydroxyl groups is 1. The zero-order valence-electron chi connectivity index (χ0n) is 6.69. The fourth-order valence-corrected chi connectivity index (χ4v) is 1.17. The smallest absolute Gasteiger partial charge is 0.120 e. The molecule has 0 aliphatic heterocycles. The van der Waals surface area contributed by atoms with E-state index in [4.69, 9.17) is 11.6 Å². The van der Waals surface area contributed by atoms with Gasteiger partial charge in [0.2, 0.25) is 0 Å². The number of phenols is 1. The first-order valence-electron chi connectivity index (χ1n) is 3.63. The molecular weight excluding hydrogens is 160 g/mol. The lowest BCUT2D eigenvalue weighted by molar-refractivity contribution is 0.468. The Kier molecular flexibility index (Phi) is 2.40. The monoisotopic (exact) mass is 170 g/mol. The molecule has 0 saturated heterocycles. The third kappa shape index (κ3) is 1.66. The lowest BCUT2D eigenvalue weighted by atomic mass is 10.1. The highest BCUT2D eigenvalue weighted by molar-refractivity contribution is 6.31. The molecule has 0 unspecified atom stereocenters. The molecule has 60 valence electrons. The van der Waals surface area contributed by atoms with Crippen molar-refractivity contribution in [2.45, 2.75) is 20.3 Å². The zero-order valence-corrected chi connectivity index (χ0v) is 7.44. The van der Waals surface area contributed by atoms with Gasteiger partial charge in [-0.25, -0.2) is 0 Å². The zero-order chi connectivity index (χ0) is 8.43. The van der Waals surface area contributed by atoms with E-state index in [1.165, 1.54) is 0 Å². The van der Waals surface area contributed by atoms with Crippen LogP contribution in [0.1, 0.15) is 18.1 Å². The Bertz CT molecular complexity index is 269. The molecule has 2 heteroatoms. The van der Waals surface area contributed by atoms with Gasteiger partial charge in [-0.3, -0.25) is 0 Å². The molecule has 1 aromatic carbocycles. The molecule has 1 rings (SSSR count). The average molecular weight is 171 g/mol. The van der Waals surface area contributed by atoms with Gasteiger partial charge in [0, 0.05) is 5.02 Å². The second-order valence-electron chi connectivity index (χ2n) is 2.58. The highest BCUT2D eigenvalue weighted by Gasteiger charge is 2.02. The van der Waals surface area contributed by atoms with Crippen molar-refractivity contribution in [1.82, 2.24) is 0 Å². The summed E-state index contributed by atoms with van der Waals surface area (Å²) in [5, 5.41) is 9.96. The molecule has 0 atom stereocenters. The van der Waals surface area contributed by atoms with E-state index in [0.29, 0.717) is 10.8 Å². The summed E-state index contributed by atoms with van der Waals surface area (Å²) in [4.78, 5) is 0. The minimum atomic E-state index is 0.295. The molecule has 11 heavy (non-hydrogen) atoms. The molecule has 0 bridgehead atoms. The molecule has 1 N–H and O–H groups in total. The van der Waals surface area contributed by atoms with E-state index in [-0.39, 0.29) is 0 Å². The third-order valence-electron chi connectivity index (χ3n) is 1.74. The largest absolute Gasteiger partial charge is 0.508 e. The van der Waals surface area contributed by atoms with Crippen molar-refractivity contribution in [2.24, 2.45) is 0 Å². The molecule has 1 aromatic rings. The molecule has 0 saturated carbocycles. The minimum absolute atomic E-state index is 0.295. The van der Waals surface area contributed by atoms with E-state index in [1.807, 2.05) is 19.9 Å². The standard InChI is InChI=1S/C9H11ClO/c1-3-7-4-6(2)8(10)5-9(7)11/h4-5,11H,3H2,1-2H3. The van der Waals surface area contributed by atoms with Gasteiger partial charge in [0.05, 0.1) is 0 Å². The fraction of sp³-hybridized carbons (Fsp3) is 0.333. The Morgan fingerprint density at radius 3 is 2.64 bits per heavy atom. The van der Waals surface area contributed by atoms with Crippen LogP contribution in [0.25, 0.3) is 0 Å². The number of phenolic OH excluding ortho intramolecular Hbond substituents is 1. The highest BCUT2D eigenvalue weighted by Crippen LogP contribution is 2.25. The first-order valence-corrected chi connectivity index (χ1v) is 4.01. The summed E-state index contributed by atoms with van der Waals surface area (Å²) in [6, 6.07) is 3.51. The molecule has 0 fully saturated rings. The van der Waals surface area contributed by atoms with Gasteiger partial charge in [-0.05, 0) is 30.5 Å². The van der Waals surface area contributed by atoms with Gasteiger partial charge < -0.3 is 5.11 Å². The van der Waals surface area contributed by atoms with Gasteiger partial charge in [0.15, 0.2) is 0 Å². The van der Waals surface area contributed by atoms with Crippen LogP contribution in [0.3, 0.4) is 0 Å².